The second kappa shape index (κ2) is 4.97. The first kappa shape index (κ1) is 11.6. The zero-order valence-corrected chi connectivity index (χ0v) is 11.8. The van der Waals surface area contributed by atoms with E-state index in [1.165, 1.54) is 5.56 Å². The van der Waals surface area contributed by atoms with E-state index < -0.39 is 0 Å². The normalized spacial score (nSPS) is 10.2. The largest absolute Gasteiger partial charge is 0.354 e. The number of rotatable bonds is 2. The van der Waals surface area contributed by atoms with Gasteiger partial charge in [-0.25, -0.2) is 0 Å². The molecule has 16 heavy (non-hydrogen) atoms. The maximum absolute atomic E-state index is 4.11. The van der Waals surface area contributed by atoms with Crippen molar-refractivity contribution in [2.45, 2.75) is 6.92 Å². The van der Waals surface area contributed by atoms with Crippen molar-refractivity contribution in [1.29, 1.82) is 0 Å². The minimum atomic E-state index is 0.963. The SMILES string of the molecule is Cc1ccc(Br)cc1Nc1cncc(Br)c1. The fourth-order valence-corrected chi connectivity index (χ4v) is 2.09. The van der Waals surface area contributed by atoms with E-state index in [4.69, 9.17) is 0 Å². The van der Waals surface area contributed by atoms with E-state index >= 15 is 0 Å². The monoisotopic (exact) mass is 340 g/mol. The third-order valence-corrected chi connectivity index (χ3v) is 3.11. The molecular weight excluding hydrogens is 332 g/mol. The Morgan fingerprint density at radius 3 is 2.62 bits per heavy atom. The van der Waals surface area contributed by atoms with Crippen molar-refractivity contribution < 1.29 is 0 Å². The second-order valence-corrected chi connectivity index (χ2v) is 5.31. The van der Waals surface area contributed by atoms with Gasteiger partial charge in [0.05, 0.1) is 11.9 Å². The average molecular weight is 342 g/mol. The number of halogens is 2. The van der Waals surface area contributed by atoms with Gasteiger partial charge in [0.15, 0.2) is 0 Å². The molecule has 2 nitrogen and oxygen atoms in total. The minimum absolute atomic E-state index is 0.963. The van der Waals surface area contributed by atoms with Crippen LogP contribution in [0.1, 0.15) is 5.56 Å². The summed E-state index contributed by atoms with van der Waals surface area (Å²) in [5.74, 6) is 0. The van der Waals surface area contributed by atoms with Crippen molar-refractivity contribution in [3.05, 3.63) is 51.2 Å². The van der Waals surface area contributed by atoms with E-state index in [0.717, 1.165) is 20.3 Å². The van der Waals surface area contributed by atoms with Crippen LogP contribution >= 0.6 is 31.9 Å². The van der Waals surface area contributed by atoms with Crippen LogP contribution in [0.15, 0.2) is 45.6 Å². The lowest BCUT2D eigenvalue weighted by molar-refractivity contribution is 1.30. The summed E-state index contributed by atoms with van der Waals surface area (Å²) < 4.78 is 2.02. The molecule has 1 heterocycles. The lowest BCUT2D eigenvalue weighted by Gasteiger charge is -2.09. The lowest BCUT2D eigenvalue weighted by Crippen LogP contribution is -1.93. The minimum Gasteiger partial charge on any atom is -0.354 e. The van der Waals surface area contributed by atoms with Crippen LogP contribution in [0.5, 0.6) is 0 Å². The summed E-state index contributed by atoms with van der Waals surface area (Å²) in [5, 5.41) is 3.33. The van der Waals surface area contributed by atoms with Crippen LogP contribution in [-0.2, 0) is 0 Å². The van der Waals surface area contributed by atoms with Crippen molar-refractivity contribution in [1.82, 2.24) is 4.98 Å². The van der Waals surface area contributed by atoms with Crippen LogP contribution in [0.3, 0.4) is 0 Å². The molecule has 0 spiro atoms. The fourth-order valence-electron chi connectivity index (χ4n) is 1.36. The number of nitrogens with one attached hydrogen (secondary N) is 1. The van der Waals surface area contributed by atoms with Crippen molar-refractivity contribution in [2.24, 2.45) is 0 Å². The molecule has 0 saturated carbocycles. The molecule has 0 amide bonds. The van der Waals surface area contributed by atoms with Gasteiger partial charge >= 0.3 is 0 Å². The topological polar surface area (TPSA) is 24.9 Å². The van der Waals surface area contributed by atoms with Gasteiger partial charge in [0.2, 0.25) is 0 Å². The number of anilines is 2. The highest BCUT2D eigenvalue weighted by molar-refractivity contribution is 9.10. The van der Waals surface area contributed by atoms with Gasteiger partial charge in [-0.2, -0.15) is 0 Å². The van der Waals surface area contributed by atoms with Crippen LogP contribution in [0.4, 0.5) is 11.4 Å². The molecule has 2 rings (SSSR count). The molecule has 0 saturated heterocycles. The quantitative estimate of drug-likeness (QED) is 0.859. The summed E-state index contributed by atoms with van der Waals surface area (Å²) in [4.78, 5) is 4.11. The molecule has 4 heteroatoms. The number of hydrogen-bond acceptors (Lipinski definition) is 2. The number of nitrogens with zero attached hydrogens (tertiary/aromatic N) is 1. The zero-order chi connectivity index (χ0) is 11.5. The Hall–Kier alpha value is -0.870. The van der Waals surface area contributed by atoms with Crippen molar-refractivity contribution in [2.75, 3.05) is 5.32 Å². The van der Waals surface area contributed by atoms with Crippen LogP contribution in [0.2, 0.25) is 0 Å². The molecule has 0 aliphatic rings. The Morgan fingerprint density at radius 2 is 1.88 bits per heavy atom. The van der Waals surface area contributed by atoms with Gasteiger partial charge in [0, 0.05) is 20.8 Å². The lowest BCUT2D eigenvalue weighted by atomic mass is 10.2. The van der Waals surface area contributed by atoms with Gasteiger partial charge in [-0.3, -0.25) is 4.98 Å². The Morgan fingerprint density at radius 1 is 1.06 bits per heavy atom. The van der Waals surface area contributed by atoms with E-state index in [1.54, 1.807) is 12.4 Å². The standard InChI is InChI=1S/C12H10Br2N2/c1-8-2-3-9(13)5-12(8)16-11-4-10(14)6-15-7-11/h2-7,16H,1H3. The summed E-state index contributed by atoms with van der Waals surface area (Å²) in [6, 6.07) is 8.14. The molecule has 1 aromatic carbocycles. The predicted molar refractivity (Wildman–Crippen MR) is 74.1 cm³/mol. The molecule has 1 aromatic heterocycles. The van der Waals surface area contributed by atoms with Gasteiger partial charge in [-0.15, -0.1) is 0 Å². The predicted octanol–water partition coefficient (Wildman–Crippen LogP) is 4.66. The van der Waals surface area contributed by atoms with Gasteiger partial charge in [0.25, 0.3) is 0 Å². The molecule has 1 N–H and O–H groups in total. The number of benzene rings is 1. The van der Waals surface area contributed by atoms with Crippen LogP contribution in [0.25, 0.3) is 0 Å². The molecular formula is C12H10Br2N2. The third kappa shape index (κ3) is 2.83. The Labute approximate surface area is 111 Å². The molecule has 0 unspecified atom stereocenters. The van der Waals surface area contributed by atoms with Crippen LogP contribution < -0.4 is 5.32 Å². The smallest absolute Gasteiger partial charge is 0.0582 e. The molecule has 0 bridgehead atoms. The summed E-state index contributed by atoms with van der Waals surface area (Å²) in [6.07, 6.45) is 3.56. The molecule has 0 atom stereocenters. The first-order valence-corrected chi connectivity index (χ1v) is 6.37. The second-order valence-electron chi connectivity index (χ2n) is 3.48. The zero-order valence-electron chi connectivity index (χ0n) is 8.67. The maximum Gasteiger partial charge on any atom is 0.0582 e. The van der Waals surface area contributed by atoms with E-state index in [2.05, 4.69) is 61.2 Å². The Kier molecular flexibility index (Phi) is 3.61. The Bertz CT molecular complexity index is 512. The summed E-state index contributed by atoms with van der Waals surface area (Å²) in [5.41, 5.74) is 3.24. The van der Waals surface area contributed by atoms with E-state index in [-0.39, 0.29) is 0 Å². The highest BCUT2D eigenvalue weighted by atomic mass is 79.9. The van der Waals surface area contributed by atoms with Crippen LogP contribution in [0, 0.1) is 6.92 Å². The summed E-state index contributed by atoms with van der Waals surface area (Å²) >= 11 is 6.86. The first-order chi connectivity index (χ1) is 7.65. The molecule has 0 aliphatic heterocycles. The van der Waals surface area contributed by atoms with Crippen molar-refractivity contribution in [3.63, 3.8) is 0 Å². The van der Waals surface area contributed by atoms with Gasteiger partial charge in [-0.1, -0.05) is 22.0 Å². The Balaban J connectivity index is 2.30. The van der Waals surface area contributed by atoms with Crippen molar-refractivity contribution in [3.8, 4) is 0 Å². The fraction of sp³-hybridized carbons (Fsp3) is 0.0833. The van der Waals surface area contributed by atoms with Gasteiger partial charge in [-0.05, 0) is 46.6 Å². The number of pyridine rings is 1. The molecule has 2 aromatic rings. The summed E-state index contributed by atoms with van der Waals surface area (Å²) in [7, 11) is 0. The molecule has 82 valence electrons. The summed E-state index contributed by atoms with van der Waals surface area (Å²) in [6.45, 7) is 2.07. The van der Waals surface area contributed by atoms with E-state index in [9.17, 15) is 0 Å². The number of hydrogen-bond donors (Lipinski definition) is 1. The molecule has 0 fully saturated rings. The third-order valence-electron chi connectivity index (χ3n) is 2.18. The van der Waals surface area contributed by atoms with Gasteiger partial charge < -0.3 is 5.32 Å². The highest BCUT2D eigenvalue weighted by Crippen LogP contribution is 2.25. The molecule has 0 aliphatic carbocycles. The van der Waals surface area contributed by atoms with Gasteiger partial charge in [0.1, 0.15) is 0 Å². The highest BCUT2D eigenvalue weighted by Gasteiger charge is 2.00. The number of aromatic nitrogens is 1. The maximum atomic E-state index is 4.11. The molecule has 0 radical (unpaired) electrons. The number of aryl methyl sites for hydroxylation is 1. The average Bonchev–Trinajstić information content (AvgIpc) is 2.24. The first-order valence-electron chi connectivity index (χ1n) is 4.79. The van der Waals surface area contributed by atoms with Crippen LogP contribution in [-0.4, -0.2) is 4.98 Å². The van der Waals surface area contributed by atoms with E-state index in [0.29, 0.717) is 0 Å². The van der Waals surface area contributed by atoms with Crippen molar-refractivity contribution >= 4 is 43.2 Å². The van der Waals surface area contributed by atoms with E-state index in [1.807, 2.05) is 12.1 Å².